The summed E-state index contributed by atoms with van der Waals surface area (Å²) in [6.07, 6.45) is 0.423. The molecule has 5 heteroatoms. The molecule has 0 aromatic heterocycles. The number of amides is 1. The van der Waals surface area contributed by atoms with Gasteiger partial charge in [-0.25, -0.2) is 4.79 Å². The summed E-state index contributed by atoms with van der Waals surface area (Å²) in [6, 6.07) is -0.0565. The predicted octanol–water partition coefficient (Wildman–Crippen LogP) is 3.08. The first-order chi connectivity index (χ1) is 9.48. The second kappa shape index (κ2) is 5.43. The van der Waals surface area contributed by atoms with Crippen molar-refractivity contribution in [3.63, 3.8) is 0 Å². The van der Waals surface area contributed by atoms with Crippen molar-refractivity contribution in [1.29, 1.82) is 0 Å². The molecule has 0 spiro atoms. The number of nitrogens with one attached hydrogen (secondary N) is 1. The Kier molecular flexibility index (Phi) is 4.28. The molecule has 1 saturated heterocycles. The maximum Gasteiger partial charge on any atom is 0.407 e. The molecule has 1 amide bonds. The molecule has 2 rings (SSSR count). The fraction of sp³-hybridized carbons (Fsp3) is 0.938. The molecule has 4 atom stereocenters. The van der Waals surface area contributed by atoms with Gasteiger partial charge in [0.15, 0.2) is 5.79 Å². The molecule has 1 aliphatic carbocycles. The van der Waals surface area contributed by atoms with Gasteiger partial charge in [-0.3, -0.25) is 0 Å². The number of carbonyl (C=O) groups is 1. The van der Waals surface area contributed by atoms with Gasteiger partial charge in [-0.1, -0.05) is 13.8 Å². The van der Waals surface area contributed by atoms with Crippen molar-refractivity contribution in [1.82, 2.24) is 5.32 Å². The van der Waals surface area contributed by atoms with Crippen molar-refractivity contribution in [2.75, 3.05) is 0 Å². The van der Waals surface area contributed by atoms with Gasteiger partial charge in [-0.15, -0.1) is 0 Å². The molecular weight excluding hydrogens is 270 g/mol. The lowest BCUT2D eigenvalue weighted by atomic mass is 9.92. The van der Waals surface area contributed by atoms with E-state index in [2.05, 4.69) is 19.2 Å². The summed E-state index contributed by atoms with van der Waals surface area (Å²) in [6.45, 7) is 13.8. The standard InChI is InChI=1S/C16H29NO4/c1-9(2)10-8-11(17-14(18)21-15(3,4)5)13-12(10)19-16(6,7)20-13/h9-13H,8H2,1-7H3,(H,17,18)/t10-,11-,12-,13+/m1/s1. The van der Waals surface area contributed by atoms with Crippen LogP contribution in [-0.4, -0.2) is 35.7 Å². The maximum absolute atomic E-state index is 12.0. The van der Waals surface area contributed by atoms with E-state index in [-0.39, 0.29) is 24.3 Å². The molecule has 1 saturated carbocycles. The topological polar surface area (TPSA) is 56.8 Å². The zero-order chi connectivity index (χ0) is 16.0. The molecule has 0 radical (unpaired) electrons. The van der Waals surface area contributed by atoms with E-state index in [9.17, 15) is 4.79 Å². The Morgan fingerprint density at radius 1 is 1.24 bits per heavy atom. The first-order valence-electron chi connectivity index (χ1n) is 7.84. The molecule has 1 aliphatic heterocycles. The lowest BCUT2D eigenvalue weighted by molar-refractivity contribution is -0.160. The van der Waals surface area contributed by atoms with E-state index in [0.717, 1.165) is 6.42 Å². The van der Waals surface area contributed by atoms with Gasteiger partial charge in [0.05, 0.1) is 12.1 Å². The quantitative estimate of drug-likeness (QED) is 0.851. The van der Waals surface area contributed by atoms with Crippen LogP contribution < -0.4 is 5.32 Å². The first-order valence-corrected chi connectivity index (χ1v) is 7.84. The number of rotatable bonds is 2. The van der Waals surface area contributed by atoms with Crippen LogP contribution in [0.1, 0.15) is 54.9 Å². The van der Waals surface area contributed by atoms with Gasteiger partial charge in [-0.2, -0.15) is 0 Å². The number of ether oxygens (including phenoxy) is 3. The number of hydrogen-bond donors (Lipinski definition) is 1. The molecule has 1 heterocycles. The van der Waals surface area contributed by atoms with Crippen LogP contribution in [0, 0.1) is 11.8 Å². The summed E-state index contributed by atoms with van der Waals surface area (Å²) in [7, 11) is 0. The largest absolute Gasteiger partial charge is 0.444 e. The normalized spacial score (nSPS) is 34.9. The fourth-order valence-electron chi connectivity index (χ4n) is 3.27. The number of alkyl carbamates (subject to hydrolysis) is 1. The predicted molar refractivity (Wildman–Crippen MR) is 79.9 cm³/mol. The molecule has 21 heavy (non-hydrogen) atoms. The van der Waals surface area contributed by atoms with Crippen LogP contribution in [-0.2, 0) is 14.2 Å². The highest BCUT2D eigenvalue weighted by Gasteiger charge is 2.55. The van der Waals surface area contributed by atoms with Gasteiger partial charge < -0.3 is 19.5 Å². The van der Waals surface area contributed by atoms with Gasteiger partial charge in [0.2, 0.25) is 0 Å². The second-order valence-corrected chi connectivity index (χ2v) is 7.96. The van der Waals surface area contributed by atoms with Crippen LogP contribution in [0.4, 0.5) is 4.79 Å². The molecule has 5 nitrogen and oxygen atoms in total. The molecule has 2 fully saturated rings. The van der Waals surface area contributed by atoms with Crippen LogP contribution in [0.5, 0.6) is 0 Å². The number of carbonyl (C=O) groups excluding carboxylic acids is 1. The van der Waals surface area contributed by atoms with E-state index in [1.807, 2.05) is 34.6 Å². The molecule has 0 unspecified atom stereocenters. The van der Waals surface area contributed by atoms with Crippen LogP contribution in [0.3, 0.4) is 0 Å². The van der Waals surface area contributed by atoms with Gasteiger partial charge in [0.25, 0.3) is 0 Å². The molecule has 2 aliphatic rings. The van der Waals surface area contributed by atoms with Crippen molar-refractivity contribution in [2.24, 2.45) is 11.8 Å². The SMILES string of the molecule is CC(C)[C@H]1C[C@@H](NC(=O)OC(C)(C)C)[C@@H]2OC(C)(C)O[C@@H]21. The minimum atomic E-state index is -0.587. The van der Waals surface area contributed by atoms with E-state index in [4.69, 9.17) is 14.2 Å². The summed E-state index contributed by atoms with van der Waals surface area (Å²) in [4.78, 5) is 12.0. The highest BCUT2D eigenvalue weighted by molar-refractivity contribution is 5.68. The average Bonchev–Trinajstić information content (AvgIpc) is 2.70. The third kappa shape index (κ3) is 3.89. The first kappa shape index (κ1) is 16.6. The summed E-state index contributed by atoms with van der Waals surface area (Å²) in [5.74, 6) is 0.286. The molecule has 1 N–H and O–H groups in total. The zero-order valence-electron chi connectivity index (χ0n) is 14.2. The lowest BCUT2D eigenvalue weighted by Crippen LogP contribution is -2.45. The molecular formula is C16H29NO4. The molecule has 0 aromatic carbocycles. The van der Waals surface area contributed by atoms with Gasteiger partial charge in [0, 0.05) is 0 Å². The Labute approximate surface area is 127 Å². The minimum absolute atomic E-state index is 0.0416. The third-order valence-corrected chi connectivity index (χ3v) is 4.07. The number of fused-ring (bicyclic) bond motifs is 1. The zero-order valence-corrected chi connectivity index (χ0v) is 14.2. The van der Waals surface area contributed by atoms with E-state index in [1.165, 1.54) is 0 Å². The average molecular weight is 299 g/mol. The monoisotopic (exact) mass is 299 g/mol. The summed E-state index contributed by atoms with van der Waals surface area (Å²) >= 11 is 0. The van der Waals surface area contributed by atoms with Gasteiger partial charge >= 0.3 is 6.09 Å². The van der Waals surface area contributed by atoms with E-state index >= 15 is 0 Å². The highest BCUT2D eigenvalue weighted by Crippen LogP contribution is 2.44. The van der Waals surface area contributed by atoms with Crippen molar-refractivity contribution < 1.29 is 19.0 Å². The van der Waals surface area contributed by atoms with Crippen molar-refractivity contribution in [2.45, 2.75) is 84.5 Å². The van der Waals surface area contributed by atoms with Crippen molar-refractivity contribution in [3.05, 3.63) is 0 Å². The van der Waals surface area contributed by atoms with E-state index in [0.29, 0.717) is 11.8 Å². The Balaban J connectivity index is 2.05. The Morgan fingerprint density at radius 3 is 2.33 bits per heavy atom. The number of hydrogen-bond acceptors (Lipinski definition) is 4. The maximum atomic E-state index is 12.0. The van der Waals surface area contributed by atoms with E-state index in [1.54, 1.807) is 0 Å². The Bertz CT molecular complexity index is 400. The second-order valence-electron chi connectivity index (χ2n) is 7.96. The minimum Gasteiger partial charge on any atom is -0.444 e. The summed E-state index contributed by atoms with van der Waals surface area (Å²) in [5, 5.41) is 2.96. The smallest absolute Gasteiger partial charge is 0.407 e. The Morgan fingerprint density at radius 2 is 1.81 bits per heavy atom. The summed E-state index contributed by atoms with van der Waals surface area (Å²) in [5.41, 5.74) is -0.494. The lowest BCUT2D eigenvalue weighted by Gasteiger charge is -2.26. The molecule has 122 valence electrons. The van der Waals surface area contributed by atoms with Crippen LogP contribution in [0.25, 0.3) is 0 Å². The molecule has 0 aromatic rings. The van der Waals surface area contributed by atoms with Gasteiger partial charge in [-0.05, 0) is 52.9 Å². The van der Waals surface area contributed by atoms with Crippen LogP contribution in [0.15, 0.2) is 0 Å². The fourth-order valence-corrected chi connectivity index (χ4v) is 3.27. The Hall–Kier alpha value is -0.810. The van der Waals surface area contributed by atoms with Crippen LogP contribution in [0.2, 0.25) is 0 Å². The van der Waals surface area contributed by atoms with E-state index < -0.39 is 11.4 Å². The van der Waals surface area contributed by atoms with Gasteiger partial charge in [0.1, 0.15) is 11.7 Å². The summed E-state index contributed by atoms with van der Waals surface area (Å²) < 4.78 is 17.4. The van der Waals surface area contributed by atoms with Crippen molar-refractivity contribution >= 4 is 6.09 Å². The van der Waals surface area contributed by atoms with Crippen LogP contribution >= 0.6 is 0 Å². The molecule has 0 bridgehead atoms. The highest BCUT2D eigenvalue weighted by atomic mass is 16.8. The third-order valence-electron chi connectivity index (χ3n) is 4.07. The van der Waals surface area contributed by atoms with Crippen molar-refractivity contribution in [3.8, 4) is 0 Å².